The zero-order valence-corrected chi connectivity index (χ0v) is 5.70. The SMILES string of the molecule is CC(C)c1cccn1O. The lowest BCUT2D eigenvalue weighted by Gasteiger charge is -2.03. The molecule has 0 saturated carbocycles. The van der Waals surface area contributed by atoms with Crippen molar-refractivity contribution in [1.29, 1.82) is 0 Å². The van der Waals surface area contributed by atoms with Gasteiger partial charge in [0.2, 0.25) is 0 Å². The Bertz CT molecular complexity index is 191. The fraction of sp³-hybridized carbons (Fsp3) is 0.429. The Kier molecular flexibility index (Phi) is 1.47. The summed E-state index contributed by atoms with van der Waals surface area (Å²) in [5.74, 6) is 0.394. The van der Waals surface area contributed by atoms with Gasteiger partial charge in [-0.3, -0.25) is 0 Å². The van der Waals surface area contributed by atoms with Crippen molar-refractivity contribution in [3.05, 3.63) is 24.0 Å². The normalized spacial score (nSPS) is 10.6. The molecule has 1 N–H and O–H groups in total. The minimum Gasteiger partial charge on any atom is -0.429 e. The molecular weight excluding hydrogens is 114 g/mol. The van der Waals surface area contributed by atoms with Gasteiger partial charge in [0.1, 0.15) is 0 Å². The largest absolute Gasteiger partial charge is 0.429 e. The van der Waals surface area contributed by atoms with E-state index in [2.05, 4.69) is 0 Å². The number of nitrogens with zero attached hydrogens (tertiary/aromatic N) is 1. The highest BCUT2D eigenvalue weighted by Gasteiger charge is 2.01. The lowest BCUT2D eigenvalue weighted by atomic mass is 10.1. The molecule has 0 saturated heterocycles. The van der Waals surface area contributed by atoms with Crippen LogP contribution in [-0.2, 0) is 0 Å². The van der Waals surface area contributed by atoms with Gasteiger partial charge < -0.3 is 5.21 Å². The van der Waals surface area contributed by atoms with Gasteiger partial charge in [0.25, 0.3) is 0 Å². The van der Waals surface area contributed by atoms with Crippen LogP contribution < -0.4 is 0 Å². The van der Waals surface area contributed by atoms with Gasteiger partial charge in [0.05, 0.1) is 5.69 Å². The first kappa shape index (κ1) is 6.20. The molecule has 2 heteroatoms. The average Bonchev–Trinajstić information content (AvgIpc) is 2.13. The molecule has 9 heavy (non-hydrogen) atoms. The van der Waals surface area contributed by atoms with Crippen LogP contribution in [-0.4, -0.2) is 9.94 Å². The standard InChI is InChI=1S/C7H11NO/c1-6(2)7-4-3-5-8(7)9/h3-6,9H,1-2H3. The molecule has 1 rings (SSSR count). The lowest BCUT2D eigenvalue weighted by Crippen LogP contribution is -1.97. The molecule has 0 spiro atoms. The maximum Gasteiger partial charge on any atom is 0.0592 e. The maximum absolute atomic E-state index is 9.04. The zero-order valence-electron chi connectivity index (χ0n) is 5.70. The van der Waals surface area contributed by atoms with Crippen molar-refractivity contribution in [2.24, 2.45) is 0 Å². The number of rotatable bonds is 1. The molecule has 0 aliphatic rings. The summed E-state index contributed by atoms with van der Waals surface area (Å²) in [5.41, 5.74) is 0.954. The summed E-state index contributed by atoms with van der Waals surface area (Å²) in [4.78, 5) is 0. The first-order chi connectivity index (χ1) is 4.22. The third kappa shape index (κ3) is 1.07. The minimum absolute atomic E-state index is 0.394. The first-order valence-electron chi connectivity index (χ1n) is 3.08. The summed E-state index contributed by atoms with van der Waals surface area (Å²) >= 11 is 0. The molecule has 0 unspecified atom stereocenters. The third-order valence-electron chi connectivity index (χ3n) is 1.35. The first-order valence-corrected chi connectivity index (χ1v) is 3.08. The highest BCUT2D eigenvalue weighted by Crippen LogP contribution is 2.12. The summed E-state index contributed by atoms with van der Waals surface area (Å²) in [6.45, 7) is 4.09. The van der Waals surface area contributed by atoms with Crippen molar-refractivity contribution in [3.8, 4) is 0 Å². The van der Waals surface area contributed by atoms with Crippen molar-refractivity contribution in [2.75, 3.05) is 0 Å². The van der Waals surface area contributed by atoms with Crippen LogP contribution in [0.4, 0.5) is 0 Å². The number of aromatic nitrogens is 1. The summed E-state index contributed by atoms with van der Waals surface area (Å²) in [6.07, 6.45) is 1.63. The van der Waals surface area contributed by atoms with Gasteiger partial charge >= 0.3 is 0 Å². The summed E-state index contributed by atoms with van der Waals surface area (Å²) in [6, 6.07) is 3.74. The Morgan fingerprint density at radius 3 is 2.44 bits per heavy atom. The molecule has 1 heterocycles. The predicted octanol–water partition coefficient (Wildman–Crippen LogP) is 1.85. The van der Waals surface area contributed by atoms with Gasteiger partial charge in [0, 0.05) is 6.20 Å². The van der Waals surface area contributed by atoms with Crippen molar-refractivity contribution in [2.45, 2.75) is 19.8 Å². The zero-order chi connectivity index (χ0) is 6.85. The predicted molar refractivity (Wildman–Crippen MR) is 35.7 cm³/mol. The molecule has 2 nitrogen and oxygen atoms in total. The van der Waals surface area contributed by atoms with E-state index in [0.29, 0.717) is 5.92 Å². The molecule has 1 aromatic heterocycles. The number of hydrogen-bond acceptors (Lipinski definition) is 1. The van der Waals surface area contributed by atoms with E-state index < -0.39 is 0 Å². The molecule has 0 aromatic carbocycles. The van der Waals surface area contributed by atoms with E-state index >= 15 is 0 Å². The van der Waals surface area contributed by atoms with Gasteiger partial charge in [0.15, 0.2) is 0 Å². The van der Waals surface area contributed by atoms with E-state index in [9.17, 15) is 0 Å². The van der Waals surface area contributed by atoms with E-state index in [-0.39, 0.29) is 0 Å². The van der Waals surface area contributed by atoms with Crippen LogP contribution in [0.2, 0.25) is 0 Å². The Hall–Kier alpha value is -0.920. The Balaban J connectivity index is 2.94. The average molecular weight is 125 g/mol. The van der Waals surface area contributed by atoms with E-state index in [4.69, 9.17) is 5.21 Å². The van der Waals surface area contributed by atoms with Crippen LogP contribution in [0, 0.1) is 0 Å². The van der Waals surface area contributed by atoms with Gasteiger partial charge in [-0.1, -0.05) is 13.8 Å². The van der Waals surface area contributed by atoms with Gasteiger partial charge in [-0.25, -0.2) is 0 Å². The second-order valence-electron chi connectivity index (χ2n) is 2.43. The van der Waals surface area contributed by atoms with Crippen molar-refractivity contribution in [1.82, 2.24) is 4.73 Å². The summed E-state index contributed by atoms with van der Waals surface area (Å²) in [5, 5.41) is 9.04. The van der Waals surface area contributed by atoms with Crippen LogP contribution in [0.15, 0.2) is 18.3 Å². The van der Waals surface area contributed by atoms with Crippen LogP contribution in [0.1, 0.15) is 25.5 Å². The smallest absolute Gasteiger partial charge is 0.0592 e. The Labute approximate surface area is 54.7 Å². The molecule has 1 aromatic rings. The van der Waals surface area contributed by atoms with Gasteiger partial charge in [-0.2, -0.15) is 4.73 Å². The van der Waals surface area contributed by atoms with Crippen molar-refractivity contribution in [3.63, 3.8) is 0 Å². The van der Waals surface area contributed by atoms with Crippen molar-refractivity contribution < 1.29 is 5.21 Å². The van der Waals surface area contributed by atoms with E-state index in [1.165, 1.54) is 0 Å². The van der Waals surface area contributed by atoms with Crippen molar-refractivity contribution >= 4 is 0 Å². The Morgan fingerprint density at radius 2 is 2.22 bits per heavy atom. The van der Waals surface area contributed by atoms with Gasteiger partial charge in [-0.15, -0.1) is 0 Å². The Morgan fingerprint density at radius 1 is 1.56 bits per heavy atom. The quantitative estimate of drug-likeness (QED) is 0.569. The van der Waals surface area contributed by atoms with Crippen LogP contribution >= 0.6 is 0 Å². The highest BCUT2D eigenvalue weighted by atomic mass is 16.5. The molecule has 50 valence electrons. The summed E-state index contributed by atoms with van der Waals surface area (Å²) in [7, 11) is 0. The fourth-order valence-electron chi connectivity index (χ4n) is 0.843. The highest BCUT2D eigenvalue weighted by molar-refractivity contribution is 5.08. The second-order valence-corrected chi connectivity index (χ2v) is 2.43. The monoisotopic (exact) mass is 125 g/mol. The third-order valence-corrected chi connectivity index (χ3v) is 1.35. The van der Waals surface area contributed by atoms with Gasteiger partial charge in [-0.05, 0) is 18.1 Å². The van der Waals surface area contributed by atoms with E-state index in [1.54, 1.807) is 6.20 Å². The second kappa shape index (κ2) is 2.13. The van der Waals surface area contributed by atoms with Crippen LogP contribution in [0.5, 0.6) is 0 Å². The molecule has 0 radical (unpaired) electrons. The molecule has 0 bridgehead atoms. The molecular formula is C7H11NO. The number of hydrogen-bond donors (Lipinski definition) is 1. The van der Waals surface area contributed by atoms with Crippen LogP contribution in [0.25, 0.3) is 0 Å². The van der Waals surface area contributed by atoms with E-state index in [1.807, 2.05) is 26.0 Å². The minimum atomic E-state index is 0.394. The maximum atomic E-state index is 9.04. The summed E-state index contributed by atoms with van der Waals surface area (Å²) < 4.78 is 1.16. The fourth-order valence-corrected chi connectivity index (χ4v) is 0.843. The molecule has 0 amide bonds. The molecule has 0 fully saturated rings. The lowest BCUT2D eigenvalue weighted by molar-refractivity contribution is 0.175. The molecule has 0 aliphatic carbocycles. The molecule has 0 atom stereocenters. The van der Waals surface area contributed by atoms with Crippen LogP contribution in [0.3, 0.4) is 0 Å². The topological polar surface area (TPSA) is 25.2 Å². The molecule has 0 aliphatic heterocycles. The van der Waals surface area contributed by atoms with E-state index in [0.717, 1.165) is 10.4 Å².